The summed E-state index contributed by atoms with van der Waals surface area (Å²) in [5.41, 5.74) is 11.0. The lowest BCUT2D eigenvalue weighted by atomic mass is 10.0. The summed E-state index contributed by atoms with van der Waals surface area (Å²) in [5, 5.41) is 37.9. The van der Waals surface area contributed by atoms with Crippen LogP contribution in [0, 0.1) is 0 Å². The van der Waals surface area contributed by atoms with Crippen LogP contribution in [0.5, 0.6) is 0 Å². The van der Waals surface area contributed by atoms with E-state index in [1.54, 1.807) is 0 Å². The van der Waals surface area contributed by atoms with Crippen molar-refractivity contribution in [3.05, 3.63) is 0 Å². The number of rotatable bonds is 30. The molecule has 0 spiro atoms. The number of carbonyl (C=O) groups is 2. The maximum atomic E-state index is 11.5. The van der Waals surface area contributed by atoms with Crippen molar-refractivity contribution in [1.29, 1.82) is 0 Å². The van der Waals surface area contributed by atoms with Gasteiger partial charge in [0.05, 0.1) is 37.5 Å². The van der Waals surface area contributed by atoms with E-state index in [9.17, 15) is 19.8 Å². The van der Waals surface area contributed by atoms with Crippen molar-refractivity contribution < 1.29 is 34.8 Å². The fraction of sp³-hybridized carbons (Fsp3) is 0.933. The number of unbranched alkanes of at least 4 members (excludes halogenated alkanes) is 12. The molecule has 0 amide bonds. The lowest BCUT2D eigenvalue weighted by Gasteiger charge is -2.13. The van der Waals surface area contributed by atoms with Crippen LogP contribution in [0.4, 0.5) is 0 Å². The van der Waals surface area contributed by atoms with Crippen LogP contribution in [-0.4, -0.2) is 82.7 Å². The number of aliphatic hydroxyl groups is 4. The highest BCUT2D eigenvalue weighted by Crippen LogP contribution is 2.14. The standard InChI is InChI=1S/C30H60N2O7/c31-27(23-33)29(37)17-13-9-5-1-3-7-11-15-25(35)19-21-39-22-20-26(36)16-12-8-4-2-6-10-14-18-30(38)28(32)24-34/h25-28,33-36H,1-24,31-32H2/t25?,26?,27-,28-/m0/s1. The fourth-order valence-electron chi connectivity index (χ4n) is 4.53. The molecule has 4 atom stereocenters. The van der Waals surface area contributed by atoms with Crippen LogP contribution >= 0.6 is 0 Å². The van der Waals surface area contributed by atoms with E-state index in [1.807, 2.05) is 0 Å². The first-order chi connectivity index (χ1) is 18.8. The summed E-state index contributed by atoms with van der Waals surface area (Å²) in [6.07, 6.45) is 17.7. The highest BCUT2D eigenvalue weighted by atomic mass is 16.5. The van der Waals surface area contributed by atoms with E-state index in [4.69, 9.17) is 26.4 Å². The maximum absolute atomic E-state index is 11.5. The van der Waals surface area contributed by atoms with Gasteiger partial charge in [0, 0.05) is 26.1 Å². The van der Waals surface area contributed by atoms with Gasteiger partial charge in [0.1, 0.15) is 0 Å². The third-order valence-corrected chi connectivity index (χ3v) is 7.33. The van der Waals surface area contributed by atoms with E-state index < -0.39 is 12.1 Å². The summed E-state index contributed by atoms with van der Waals surface area (Å²) < 4.78 is 5.61. The van der Waals surface area contributed by atoms with Crippen molar-refractivity contribution in [3.8, 4) is 0 Å². The first kappa shape index (κ1) is 38.1. The minimum atomic E-state index is -0.729. The molecule has 0 aromatic rings. The number of Topliss-reactive ketones (excluding diaryl/α,β-unsaturated/α-hetero) is 2. The summed E-state index contributed by atoms with van der Waals surface area (Å²) in [7, 11) is 0. The van der Waals surface area contributed by atoms with Gasteiger partial charge in [-0.1, -0.05) is 77.0 Å². The van der Waals surface area contributed by atoms with Crippen molar-refractivity contribution in [2.45, 2.75) is 153 Å². The van der Waals surface area contributed by atoms with E-state index in [2.05, 4.69) is 0 Å². The third kappa shape index (κ3) is 24.6. The Morgan fingerprint density at radius 1 is 0.513 bits per heavy atom. The molecule has 0 aliphatic carbocycles. The van der Waals surface area contributed by atoms with E-state index in [0.29, 0.717) is 38.9 Å². The van der Waals surface area contributed by atoms with Gasteiger partial charge in [0.25, 0.3) is 0 Å². The predicted octanol–water partition coefficient (Wildman–Crippen LogP) is 3.30. The molecule has 8 N–H and O–H groups in total. The predicted molar refractivity (Wildman–Crippen MR) is 155 cm³/mol. The van der Waals surface area contributed by atoms with Crippen LogP contribution in [0.15, 0.2) is 0 Å². The van der Waals surface area contributed by atoms with Crippen LogP contribution in [0.2, 0.25) is 0 Å². The minimum absolute atomic E-state index is 0.0592. The number of ketones is 2. The summed E-state index contributed by atoms with van der Waals surface area (Å²) in [5.74, 6) is -0.118. The first-order valence-electron chi connectivity index (χ1n) is 15.5. The number of ether oxygens (including phenoxy) is 1. The Balaban J connectivity index is 3.39. The molecule has 2 unspecified atom stereocenters. The van der Waals surface area contributed by atoms with E-state index >= 15 is 0 Å². The molecule has 0 fully saturated rings. The number of hydrogen-bond donors (Lipinski definition) is 6. The van der Waals surface area contributed by atoms with Crippen molar-refractivity contribution in [2.24, 2.45) is 11.5 Å². The molecule has 0 saturated heterocycles. The molecule has 0 aliphatic rings. The summed E-state index contributed by atoms with van der Waals surface area (Å²) >= 11 is 0. The summed E-state index contributed by atoms with van der Waals surface area (Å²) in [6.45, 7) is 0.482. The van der Waals surface area contributed by atoms with E-state index in [0.717, 1.165) is 103 Å². The molecule has 39 heavy (non-hydrogen) atoms. The number of hydrogen-bond acceptors (Lipinski definition) is 9. The molecule has 232 valence electrons. The Morgan fingerprint density at radius 3 is 1.15 bits per heavy atom. The average Bonchev–Trinajstić information content (AvgIpc) is 2.93. The molecular weight excluding hydrogens is 500 g/mol. The SMILES string of the molecule is N[C@@H](CO)C(=O)CCCCCCCCCC(O)CCOCCC(O)CCCCCCCCCC(=O)[C@@H](N)CO. The number of carbonyl (C=O) groups excluding carboxylic acids is 2. The Kier molecular flexibility index (Phi) is 26.6. The zero-order valence-electron chi connectivity index (χ0n) is 24.4. The molecule has 0 aromatic heterocycles. The van der Waals surface area contributed by atoms with Gasteiger partial charge in [-0.3, -0.25) is 9.59 Å². The van der Waals surface area contributed by atoms with Crippen molar-refractivity contribution in [1.82, 2.24) is 0 Å². The molecule has 0 aliphatic heterocycles. The number of nitrogens with two attached hydrogens (primary N) is 2. The molecule has 0 aromatic carbocycles. The fourth-order valence-corrected chi connectivity index (χ4v) is 4.53. The van der Waals surface area contributed by atoms with E-state index in [1.165, 1.54) is 0 Å². The van der Waals surface area contributed by atoms with Crippen LogP contribution in [0.25, 0.3) is 0 Å². The largest absolute Gasteiger partial charge is 0.394 e. The van der Waals surface area contributed by atoms with Crippen LogP contribution in [-0.2, 0) is 14.3 Å². The van der Waals surface area contributed by atoms with Gasteiger partial charge in [-0.15, -0.1) is 0 Å². The lowest BCUT2D eigenvalue weighted by molar-refractivity contribution is -0.122. The Hall–Kier alpha value is -0.940. The molecule has 0 bridgehead atoms. The zero-order chi connectivity index (χ0) is 29.1. The van der Waals surface area contributed by atoms with Gasteiger partial charge in [-0.2, -0.15) is 0 Å². The minimum Gasteiger partial charge on any atom is -0.394 e. The van der Waals surface area contributed by atoms with Gasteiger partial charge in [0.2, 0.25) is 0 Å². The second-order valence-corrected chi connectivity index (χ2v) is 11.0. The van der Waals surface area contributed by atoms with Crippen LogP contribution in [0.3, 0.4) is 0 Å². The molecule has 0 saturated carbocycles. The quantitative estimate of drug-likeness (QED) is 0.0719. The Morgan fingerprint density at radius 2 is 0.821 bits per heavy atom. The number of aliphatic hydroxyl groups excluding tert-OH is 4. The van der Waals surface area contributed by atoms with Gasteiger partial charge >= 0.3 is 0 Å². The second-order valence-electron chi connectivity index (χ2n) is 11.0. The van der Waals surface area contributed by atoms with E-state index in [-0.39, 0.29) is 37.0 Å². The van der Waals surface area contributed by atoms with Gasteiger partial charge in [-0.25, -0.2) is 0 Å². The zero-order valence-corrected chi connectivity index (χ0v) is 24.4. The Labute approximate surface area is 237 Å². The van der Waals surface area contributed by atoms with Gasteiger partial charge in [0.15, 0.2) is 11.6 Å². The summed E-state index contributed by atoms with van der Waals surface area (Å²) in [6, 6.07) is -1.46. The Bertz CT molecular complexity index is 532. The highest BCUT2D eigenvalue weighted by molar-refractivity contribution is 5.84. The molecule has 9 nitrogen and oxygen atoms in total. The molecule has 9 heteroatoms. The monoisotopic (exact) mass is 560 g/mol. The normalized spacial score (nSPS) is 14.7. The maximum Gasteiger partial charge on any atom is 0.151 e. The molecule has 0 rings (SSSR count). The smallest absolute Gasteiger partial charge is 0.151 e. The third-order valence-electron chi connectivity index (χ3n) is 7.33. The average molecular weight is 561 g/mol. The van der Waals surface area contributed by atoms with Crippen molar-refractivity contribution in [3.63, 3.8) is 0 Å². The lowest BCUT2D eigenvalue weighted by Crippen LogP contribution is -2.33. The van der Waals surface area contributed by atoms with Crippen molar-refractivity contribution in [2.75, 3.05) is 26.4 Å². The second kappa shape index (κ2) is 27.2. The van der Waals surface area contributed by atoms with Gasteiger partial charge in [-0.05, 0) is 38.5 Å². The molecule has 0 radical (unpaired) electrons. The summed E-state index contributed by atoms with van der Waals surface area (Å²) in [4.78, 5) is 23.1. The first-order valence-corrected chi connectivity index (χ1v) is 15.5. The van der Waals surface area contributed by atoms with Gasteiger partial charge < -0.3 is 36.6 Å². The van der Waals surface area contributed by atoms with Crippen molar-refractivity contribution >= 4 is 11.6 Å². The molecule has 0 heterocycles. The van der Waals surface area contributed by atoms with Crippen LogP contribution < -0.4 is 11.5 Å². The van der Waals surface area contributed by atoms with Crippen LogP contribution in [0.1, 0.15) is 128 Å². The molecular formula is C30H60N2O7. The highest BCUT2D eigenvalue weighted by Gasteiger charge is 2.12. The topological polar surface area (TPSA) is 176 Å².